The van der Waals surface area contributed by atoms with E-state index < -0.39 is 6.04 Å². The Morgan fingerprint density at radius 2 is 2.22 bits per heavy atom. The number of nitrogens with one attached hydrogen (secondary N) is 1. The number of methoxy groups -OCH3 is 1. The molecule has 0 spiro atoms. The van der Waals surface area contributed by atoms with Crippen molar-refractivity contribution in [2.24, 2.45) is 0 Å². The molecule has 1 N–H and O–H groups in total. The van der Waals surface area contributed by atoms with E-state index in [-0.39, 0.29) is 0 Å². The molecular weight excluding hydrogens is 246 g/mol. The first-order valence-electron chi connectivity index (χ1n) is 5.46. The summed E-state index contributed by atoms with van der Waals surface area (Å²) >= 11 is 1.48. The Kier molecular flexibility index (Phi) is 3.80. The van der Waals surface area contributed by atoms with Crippen LogP contribution in [-0.2, 0) is 0 Å². The molecule has 1 atom stereocenters. The van der Waals surface area contributed by atoms with E-state index >= 15 is 0 Å². The third-order valence-electron chi connectivity index (χ3n) is 2.42. The number of aryl methyl sites for hydroxylation is 1. The van der Waals surface area contributed by atoms with Crippen molar-refractivity contribution >= 4 is 17.0 Å². The topological polar surface area (TPSA) is 57.9 Å². The van der Waals surface area contributed by atoms with Crippen LogP contribution in [0.5, 0.6) is 5.75 Å². The highest BCUT2D eigenvalue weighted by Crippen LogP contribution is 2.28. The molecule has 4 nitrogen and oxygen atoms in total. The van der Waals surface area contributed by atoms with Gasteiger partial charge in [-0.1, -0.05) is 12.1 Å². The third kappa shape index (κ3) is 2.60. The minimum absolute atomic E-state index is 0.458. The van der Waals surface area contributed by atoms with Crippen molar-refractivity contribution < 1.29 is 4.74 Å². The van der Waals surface area contributed by atoms with Crippen molar-refractivity contribution in [3.8, 4) is 11.8 Å². The van der Waals surface area contributed by atoms with Gasteiger partial charge in [0.05, 0.1) is 18.9 Å². The number of nitrogens with zero attached hydrogens (tertiary/aromatic N) is 2. The van der Waals surface area contributed by atoms with E-state index in [1.807, 2.05) is 36.6 Å². The first-order chi connectivity index (χ1) is 8.74. The maximum Gasteiger partial charge on any atom is 0.167 e. The summed E-state index contributed by atoms with van der Waals surface area (Å²) in [4.78, 5) is 4.33. The van der Waals surface area contributed by atoms with E-state index in [1.54, 1.807) is 7.11 Å². The first-order valence-corrected chi connectivity index (χ1v) is 6.33. The molecular formula is C13H13N3OS. The van der Waals surface area contributed by atoms with Crippen LogP contribution < -0.4 is 10.1 Å². The van der Waals surface area contributed by atoms with Crippen molar-refractivity contribution in [1.82, 2.24) is 4.98 Å². The predicted molar refractivity (Wildman–Crippen MR) is 71.8 cm³/mol. The molecule has 92 valence electrons. The second-order valence-corrected chi connectivity index (χ2v) is 4.62. The zero-order chi connectivity index (χ0) is 13.0. The van der Waals surface area contributed by atoms with Crippen molar-refractivity contribution in [3.63, 3.8) is 0 Å². The zero-order valence-corrected chi connectivity index (χ0v) is 11.0. The van der Waals surface area contributed by atoms with Gasteiger partial charge in [0.2, 0.25) is 0 Å². The number of hydrogen-bond donors (Lipinski definition) is 1. The number of nitriles is 1. The molecule has 0 saturated carbocycles. The Bertz CT molecular complexity index is 574. The fourth-order valence-corrected chi connectivity index (χ4v) is 2.36. The van der Waals surface area contributed by atoms with E-state index in [0.717, 1.165) is 16.4 Å². The van der Waals surface area contributed by atoms with Gasteiger partial charge in [0, 0.05) is 11.1 Å². The zero-order valence-electron chi connectivity index (χ0n) is 10.2. The lowest BCUT2D eigenvalue weighted by Crippen LogP contribution is -2.09. The number of rotatable bonds is 4. The Balaban J connectivity index is 2.24. The number of ether oxygens (including phenoxy) is 1. The van der Waals surface area contributed by atoms with E-state index in [9.17, 15) is 5.26 Å². The predicted octanol–water partition coefficient (Wildman–Crippen LogP) is 3.14. The van der Waals surface area contributed by atoms with Gasteiger partial charge in [-0.25, -0.2) is 4.98 Å². The number of aromatic nitrogens is 1. The Labute approximate surface area is 110 Å². The highest BCUT2D eigenvalue weighted by Gasteiger charge is 2.15. The van der Waals surface area contributed by atoms with Gasteiger partial charge in [-0.2, -0.15) is 5.26 Å². The Morgan fingerprint density at radius 1 is 1.44 bits per heavy atom. The van der Waals surface area contributed by atoms with Crippen LogP contribution in [0, 0.1) is 18.3 Å². The lowest BCUT2D eigenvalue weighted by Gasteiger charge is -2.13. The number of anilines is 1. The average molecular weight is 259 g/mol. The van der Waals surface area contributed by atoms with Gasteiger partial charge in [-0.3, -0.25) is 0 Å². The van der Waals surface area contributed by atoms with Gasteiger partial charge in [0.15, 0.2) is 6.04 Å². The highest BCUT2D eigenvalue weighted by molar-refractivity contribution is 7.09. The summed E-state index contributed by atoms with van der Waals surface area (Å²) in [5.41, 5.74) is 1.72. The Morgan fingerprint density at radius 3 is 2.83 bits per heavy atom. The molecule has 0 aliphatic rings. The summed E-state index contributed by atoms with van der Waals surface area (Å²) in [6, 6.07) is 9.27. The SMILES string of the molecule is COc1ccccc1NC(C#N)c1nc(C)cs1. The molecule has 0 amide bonds. The van der Waals surface area contributed by atoms with Gasteiger partial charge in [0.1, 0.15) is 10.8 Å². The number of para-hydroxylation sites is 2. The molecule has 18 heavy (non-hydrogen) atoms. The maximum atomic E-state index is 9.23. The smallest absolute Gasteiger partial charge is 0.167 e. The van der Waals surface area contributed by atoms with Crippen molar-refractivity contribution in [3.05, 3.63) is 40.3 Å². The molecule has 0 aliphatic heterocycles. The fraction of sp³-hybridized carbons (Fsp3) is 0.231. The molecule has 1 aromatic heterocycles. The minimum Gasteiger partial charge on any atom is -0.495 e. The molecule has 0 aliphatic carbocycles. The fourth-order valence-electron chi connectivity index (χ4n) is 1.57. The van der Waals surface area contributed by atoms with Crippen molar-refractivity contribution in [2.75, 3.05) is 12.4 Å². The summed E-state index contributed by atoms with van der Waals surface area (Å²) in [5.74, 6) is 0.714. The van der Waals surface area contributed by atoms with Gasteiger partial charge in [0.25, 0.3) is 0 Å². The van der Waals surface area contributed by atoms with Crippen LogP contribution in [0.1, 0.15) is 16.7 Å². The summed E-state index contributed by atoms with van der Waals surface area (Å²) < 4.78 is 5.24. The largest absolute Gasteiger partial charge is 0.495 e. The summed E-state index contributed by atoms with van der Waals surface area (Å²) in [6.07, 6.45) is 0. The third-order valence-corrected chi connectivity index (χ3v) is 3.45. The van der Waals surface area contributed by atoms with Crippen molar-refractivity contribution in [1.29, 1.82) is 5.26 Å². The number of thiazole rings is 1. The molecule has 5 heteroatoms. The van der Waals surface area contributed by atoms with Crippen LogP contribution in [0.25, 0.3) is 0 Å². The van der Waals surface area contributed by atoms with Gasteiger partial charge in [-0.05, 0) is 19.1 Å². The summed E-state index contributed by atoms with van der Waals surface area (Å²) in [6.45, 7) is 1.91. The molecule has 0 bridgehead atoms. The van der Waals surface area contributed by atoms with Gasteiger partial charge in [-0.15, -0.1) is 11.3 Å². The maximum absolute atomic E-state index is 9.23. The van der Waals surface area contributed by atoms with E-state index in [4.69, 9.17) is 4.74 Å². The summed E-state index contributed by atoms with van der Waals surface area (Å²) in [7, 11) is 1.61. The van der Waals surface area contributed by atoms with Crippen LogP contribution in [0.4, 0.5) is 5.69 Å². The molecule has 1 heterocycles. The van der Waals surface area contributed by atoms with Crippen LogP contribution >= 0.6 is 11.3 Å². The molecule has 0 fully saturated rings. The molecule has 1 aromatic carbocycles. The average Bonchev–Trinajstić information content (AvgIpc) is 2.83. The Hall–Kier alpha value is -2.06. The van der Waals surface area contributed by atoms with E-state index in [1.165, 1.54) is 11.3 Å². The van der Waals surface area contributed by atoms with Crippen LogP contribution in [-0.4, -0.2) is 12.1 Å². The molecule has 2 rings (SSSR count). The molecule has 2 aromatic rings. The standard InChI is InChI=1S/C13H13N3OS/c1-9-8-18-13(15-9)11(7-14)16-10-5-3-4-6-12(10)17-2/h3-6,8,11,16H,1-2H3. The molecule has 0 saturated heterocycles. The van der Waals surface area contributed by atoms with E-state index in [2.05, 4.69) is 16.4 Å². The highest BCUT2D eigenvalue weighted by atomic mass is 32.1. The number of benzene rings is 1. The molecule has 0 radical (unpaired) electrons. The van der Waals surface area contributed by atoms with Crippen LogP contribution in [0.15, 0.2) is 29.6 Å². The first kappa shape index (κ1) is 12.4. The summed E-state index contributed by atoms with van der Waals surface area (Å²) in [5, 5.41) is 15.1. The lowest BCUT2D eigenvalue weighted by atomic mass is 10.2. The van der Waals surface area contributed by atoms with Crippen LogP contribution in [0.2, 0.25) is 0 Å². The van der Waals surface area contributed by atoms with Crippen LogP contribution in [0.3, 0.4) is 0 Å². The lowest BCUT2D eigenvalue weighted by molar-refractivity contribution is 0.416. The minimum atomic E-state index is -0.458. The number of hydrogen-bond acceptors (Lipinski definition) is 5. The van der Waals surface area contributed by atoms with E-state index in [0.29, 0.717) is 5.75 Å². The monoisotopic (exact) mass is 259 g/mol. The second kappa shape index (κ2) is 5.52. The second-order valence-electron chi connectivity index (χ2n) is 3.73. The van der Waals surface area contributed by atoms with Gasteiger partial charge < -0.3 is 10.1 Å². The quantitative estimate of drug-likeness (QED) is 0.916. The molecule has 1 unspecified atom stereocenters. The normalized spacial score (nSPS) is 11.6. The van der Waals surface area contributed by atoms with Crippen molar-refractivity contribution in [2.45, 2.75) is 13.0 Å². The van der Waals surface area contributed by atoms with Gasteiger partial charge >= 0.3 is 0 Å².